The van der Waals surface area contributed by atoms with Gasteiger partial charge in [0.25, 0.3) is 0 Å². The zero-order chi connectivity index (χ0) is 20.8. The lowest BCUT2D eigenvalue weighted by molar-refractivity contribution is 0.269. The van der Waals surface area contributed by atoms with E-state index in [1.165, 1.54) is 12.1 Å². The SMILES string of the molecule is CCOc1cc(CNc2ccc(F)c(Cl)c2)cc(Cl)c1OCc1cccc(Cl)c1. The molecule has 29 heavy (non-hydrogen) atoms. The molecule has 0 aliphatic heterocycles. The minimum Gasteiger partial charge on any atom is -0.490 e. The van der Waals surface area contributed by atoms with Gasteiger partial charge in [-0.15, -0.1) is 0 Å². The molecule has 0 aliphatic carbocycles. The van der Waals surface area contributed by atoms with Crippen LogP contribution in [-0.2, 0) is 13.2 Å². The first-order valence-electron chi connectivity index (χ1n) is 8.97. The molecule has 0 saturated heterocycles. The molecule has 152 valence electrons. The molecule has 3 rings (SSSR count). The Labute approximate surface area is 184 Å². The van der Waals surface area contributed by atoms with Crippen molar-refractivity contribution in [2.75, 3.05) is 11.9 Å². The van der Waals surface area contributed by atoms with E-state index in [-0.39, 0.29) is 5.02 Å². The average molecular weight is 455 g/mol. The molecule has 0 atom stereocenters. The predicted octanol–water partition coefficient (Wildman–Crippen LogP) is 7.38. The Bertz CT molecular complexity index is 998. The molecular weight excluding hydrogens is 436 g/mol. The third-order valence-corrected chi connectivity index (χ3v) is 4.86. The lowest BCUT2D eigenvalue weighted by atomic mass is 10.2. The van der Waals surface area contributed by atoms with Crippen LogP contribution in [0.1, 0.15) is 18.1 Å². The number of halogens is 4. The topological polar surface area (TPSA) is 30.5 Å². The normalized spacial score (nSPS) is 10.7. The lowest BCUT2D eigenvalue weighted by Gasteiger charge is -2.16. The van der Waals surface area contributed by atoms with Crippen molar-refractivity contribution in [2.45, 2.75) is 20.1 Å². The Balaban J connectivity index is 1.75. The minimum absolute atomic E-state index is 0.0628. The van der Waals surface area contributed by atoms with Crippen LogP contribution in [0.2, 0.25) is 15.1 Å². The predicted molar refractivity (Wildman–Crippen MR) is 117 cm³/mol. The van der Waals surface area contributed by atoms with Crippen molar-refractivity contribution in [1.29, 1.82) is 0 Å². The van der Waals surface area contributed by atoms with Crippen molar-refractivity contribution >= 4 is 40.5 Å². The molecular formula is C22H19Cl3FNO2. The molecule has 7 heteroatoms. The molecule has 3 aromatic carbocycles. The minimum atomic E-state index is -0.458. The summed E-state index contributed by atoms with van der Waals surface area (Å²) in [4.78, 5) is 0. The summed E-state index contributed by atoms with van der Waals surface area (Å²) in [5.74, 6) is 0.568. The number of ether oxygens (including phenoxy) is 2. The highest BCUT2D eigenvalue weighted by molar-refractivity contribution is 6.32. The summed E-state index contributed by atoms with van der Waals surface area (Å²) < 4.78 is 24.9. The quantitative estimate of drug-likeness (QED) is 0.385. The van der Waals surface area contributed by atoms with Gasteiger partial charge < -0.3 is 14.8 Å². The largest absolute Gasteiger partial charge is 0.490 e. The Morgan fingerprint density at radius 2 is 1.72 bits per heavy atom. The van der Waals surface area contributed by atoms with E-state index in [2.05, 4.69) is 5.32 Å². The first-order valence-corrected chi connectivity index (χ1v) is 10.1. The zero-order valence-electron chi connectivity index (χ0n) is 15.6. The van der Waals surface area contributed by atoms with E-state index in [9.17, 15) is 4.39 Å². The first-order chi connectivity index (χ1) is 14.0. The van der Waals surface area contributed by atoms with Gasteiger partial charge in [0.05, 0.1) is 16.7 Å². The maximum Gasteiger partial charge on any atom is 0.180 e. The van der Waals surface area contributed by atoms with Crippen molar-refractivity contribution in [3.05, 3.63) is 86.6 Å². The molecule has 0 spiro atoms. The molecule has 1 N–H and O–H groups in total. The highest BCUT2D eigenvalue weighted by Crippen LogP contribution is 2.37. The van der Waals surface area contributed by atoms with Gasteiger partial charge in [0.1, 0.15) is 12.4 Å². The lowest BCUT2D eigenvalue weighted by Crippen LogP contribution is -2.04. The van der Waals surface area contributed by atoms with Gasteiger partial charge in [-0.2, -0.15) is 0 Å². The van der Waals surface area contributed by atoms with Crippen molar-refractivity contribution in [3.63, 3.8) is 0 Å². The summed E-state index contributed by atoms with van der Waals surface area (Å²) in [6.45, 7) is 3.12. The van der Waals surface area contributed by atoms with E-state index >= 15 is 0 Å². The maximum absolute atomic E-state index is 13.3. The second-order valence-electron chi connectivity index (χ2n) is 6.24. The molecule has 0 heterocycles. The van der Waals surface area contributed by atoms with E-state index in [0.717, 1.165) is 11.1 Å². The van der Waals surface area contributed by atoms with Crippen LogP contribution >= 0.6 is 34.8 Å². The van der Waals surface area contributed by atoms with Crippen LogP contribution in [0.4, 0.5) is 10.1 Å². The van der Waals surface area contributed by atoms with Gasteiger partial charge in [-0.05, 0) is 60.5 Å². The molecule has 0 fully saturated rings. The third kappa shape index (κ3) is 5.92. The number of anilines is 1. The second kappa shape index (κ2) is 10.1. The maximum atomic E-state index is 13.3. The molecule has 3 nitrogen and oxygen atoms in total. The summed E-state index contributed by atoms with van der Waals surface area (Å²) >= 11 is 18.3. The van der Waals surface area contributed by atoms with Crippen LogP contribution in [0.15, 0.2) is 54.6 Å². The van der Waals surface area contributed by atoms with Crippen LogP contribution in [0.25, 0.3) is 0 Å². The number of benzene rings is 3. The summed E-state index contributed by atoms with van der Waals surface area (Å²) in [7, 11) is 0. The van der Waals surface area contributed by atoms with Crippen molar-refractivity contribution in [2.24, 2.45) is 0 Å². The molecule has 0 bridgehead atoms. The van der Waals surface area contributed by atoms with Crippen molar-refractivity contribution < 1.29 is 13.9 Å². The fourth-order valence-corrected chi connectivity index (χ4v) is 3.40. The van der Waals surface area contributed by atoms with Crippen LogP contribution in [-0.4, -0.2) is 6.61 Å². The zero-order valence-corrected chi connectivity index (χ0v) is 17.9. The van der Waals surface area contributed by atoms with Crippen LogP contribution < -0.4 is 14.8 Å². The van der Waals surface area contributed by atoms with Gasteiger partial charge in [0, 0.05) is 17.3 Å². The number of rotatable bonds is 8. The van der Waals surface area contributed by atoms with E-state index in [1.54, 1.807) is 18.2 Å². The molecule has 0 aromatic heterocycles. The number of hydrogen-bond acceptors (Lipinski definition) is 3. The van der Waals surface area contributed by atoms with Gasteiger partial charge in [0.15, 0.2) is 11.5 Å². The van der Waals surface area contributed by atoms with E-state index in [1.807, 2.05) is 31.2 Å². The van der Waals surface area contributed by atoms with Gasteiger partial charge in [-0.3, -0.25) is 0 Å². The highest BCUT2D eigenvalue weighted by atomic mass is 35.5. The average Bonchev–Trinajstić information content (AvgIpc) is 2.68. The molecule has 0 saturated carbocycles. The highest BCUT2D eigenvalue weighted by Gasteiger charge is 2.13. The van der Waals surface area contributed by atoms with Gasteiger partial charge in [-0.1, -0.05) is 46.9 Å². The molecule has 3 aromatic rings. The van der Waals surface area contributed by atoms with Crippen LogP contribution in [0.5, 0.6) is 11.5 Å². The van der Waals surface area contributed by atoms with Crippen molar-refractivity contribution in [1.82, 2.24) is 0 Å². The fraction of sp³-hybridized carbons (Fsp3) is 0.182. The van der Waals surface area contributed by atoms with Crippen LogP contribution in [0, 0.1) is 5.82 Å². The number of hydrogen-bond donors (Lipinski definition) is 1. The van der Waals surface area contributed by atoms with E-state index in [4.69, 9.17) is 44.3 Å². The van der Waals surface area contributed by atoms with Gasteiger partial charge >= 0.3 is 0 Å². The smallest absolute Gasteiger partial charge is 0.180 e. The van der Waals surface area contributed by atoms with E-state index in [0.29, 0.717) is 47.0 Å². The fourth-order valence-electron chi connectivity index (χ4n) is 2.72. The summed E-state index contributed by atoms with van der Waals surface area (Å²) in [5.41, 5.74) is 2.51. The summed E-state index contributed by atoms with van der Waals surface area (Å²) in [5, 5.41) is 4.33. The summed E-state index contributed by atoms with van der Waals surface area (Å²) in [6.07, 6.45) is 0. The monoisotopic (exact) mass is 453 g/mol. The Hall–Kier alpha value is -2.14. The van der Waals surface area contributed by atoms with Crippen LogP contribution in [0.3, 0.4) is 0 Å². The standard InChI is InChI=1S/C22H19Cl3FNO2/c1-2-28-21-10-15(12-27-17-6-7-20(26)18(24)11-17)9-19(25)22(21)29-13-14-4-3-5-16(23)8-14/h3-11,27H,2,12-13H2,1H3. The van der Waals surface area contributed by atoms with Gasteiger partial charge in [0.2, 0.25) is 0 Å². The molecule has 0 amide bonds. The third-order valence-electron chi connectivity index (χ3n) is 4.06. The van der Waals surface area contributed by atoms with Crippen molar-refractivity contribution in [3.8, 4) is 11.5 Å². The number of nitrogens with one attached hydrogen (secondary N) is 1. The molecule has 0 radical (unpaired) electrons. The Morgan fingerprint density at radius 1 is 0.897 bits per heavy atom. The first kappa shape index (κ1) is 21.6. The molecule has 0 aliphatic rings. The molecule has 0 unspecified atom stereocenters. The Kier molecular flexibility index (Phi) is 7.48. The van der Waals surface area contributed by atoms with Gasteiger partial charge in [-0.25, -0.2) is 4.39 Å². The Morgan fingerprint density at radius 3 is 2.45 bits per heavy atom. The second-order valence-corrected chi connectivity index (χ2v) is 7.49. The van der Waals surface area contributed by atoms with E-state index < -0.39 is 5.82 Å². The summed E-state index contributed by atoms with van der Waals surface area (Å²) in [6, 6.07) is 15.6.